The molecular weight excluding hydrogens is 296 g/mol. The van der Waals surface area contributed by atoms with Gasteiger partial charge in [0, 0.05) is 54.5 Å². The number of hydrogen-bond donors (Lipinski definition) is 1. The summed E-state index contributed by atoms with van der Waals surface area (Å²) in [5.41, 5.74) is 4.51. The van der Waals surface area contributed by atoms with Crippen LogP contribution in [0.5, 0.6) is 0 Å². The molecule has 3 aromatic rings. The molecule has 0 aromatic carbocycles. The number of carbonyl (C=O) groups is 1. The van der Waals surface area contributed by atoms with E-state index < -0.39 is 0 Å². The van der Waals surface area contributed by atoms with E-state index in [0.29, 0.717) is 6.42 Å². The molecule has 1 fully saturated rings. The predicted octanol–water partition coefficient (Wildman–Crippen LogP) is 2.08. The molecule has 1 aliphatic rings. The van der Waals surface area contributed by atoms with Crippen LogP contribution in [0, 0.1) is 5.92 Å². The van der Waals surface area contributed by atoms with Crippen molar-refractivity contribution in [2.24, 2.45) is 5.92 Å². The van der Waals surface area contributed by atoms with Crippen molar-refractivity contribution in [2.75, 3.05) is 13.1 Å². The van der Waals surface area contributed by atoms with Gasteiger partial charge in [0.05, 0.1) is 22.1 Å². The number of hydrogen-bond acceptors (Lipinski definition) is 6. The van der Waals surface area contributed by atoms with E-state index in [9.17, 15) is 4.79 Å². The molecule has 5 nitrogen and oxygen atoms in total. The van der Waals surface area contributed by atoms with Crippen LogP contribution in [0.1, 0.15) is 5.69 Å². The Kier molecular flexibility index (Phi) is 3.40. The first-order chi connectivity index (χ1) is 10.8. The molecule has 1 N–H and O–H groups in total. The number of ketones is 1. The summed E-state index contributed by atoms with van der Waals surface area (Å²) in [6.45, 7) is 1.59. The first-order valence-corrected chi connectivity index (χ1v) is 8.04. The highest BCUT2D eigenvalue weighted by Gasteiger charge is 2.24. The monoisotopic (exact) mass is 310 g/mol. The van der Waals surface area contributed by atoms with E-state index in [2.05, 4.69) is 26.3 Å². The molecule has 22 heavy (non-hydrogen) atoms. The van der Waals surface area contributed by atoms with Crippen LogP contribution in [0.15, 0.2) is 36.2 Å². The Morgan fingerprint density at radius 2 is 2.14 bits per heavy atom. The number of Topliss-reactive ketones (excluding diaryl/α,β-unsaturated/α-hetero) is 1. The molecular formula is C16H14N4OS. The lowest BCUT2D eigenvalue weighted by Gasteiger charge is -2.25. The molecule has 0 spiro atoms. The second kappa shape index (κ2) is 5.55. The zero-order valence-corrected chi connectivity index (χ0v) is 12.6. The third-order valence-corrected chi connectivity index (χ3v) is 4.76. The van der Waals surface area contributed by atoms with E-state index in [-0.39, 0.29) is 11.7 Å². The smallest absolute Gasteiger partial charge is 0.144 e. The van der Waals surface area contributed by atoms with Gasteiger partial charge in [-0.1, -0.05) is 0 Å². The Balaban J connectivity index is 1.65. The first kappa shape index (κ1) is 13.5. The van der Waals surface area contributed by atoms with Crippen LogP contribution in [-0.2, 0) is 11.2 Å². The maximum Gasteiger partial charge on any atom is 0.144 e. The van der Waals surface area contributed by atoms with Crippen LogP contribution in [0.3, 0.4) is 0 Å². The van der Waals surface area contributed by atoms with Gasteiger partial charge in [-0.3, -0.25) is 19.7 Å². The fourth-order valence-corrected chi connectivity index (χ4v) is 3.11. The minimum atomic E-state index is 0.152. The second-order valence-corrected chi connectivity index (χ2v) is 6.34. The third-order valence-electron chi connectivity index (χ3n) is 3.93. The summed E-state index contributed by atoms with van der Waals surface area (Å²) >= 11 is 1.59. The van der Waals surface area contributed by atoms with Gasteiger partial charge >= 0.3 is 0 Å². The van der Waals surface area contributed by atoms with Crippen molar-refractivity contribution < 1.29 is 4.79 Å². The van der Waals surface area contributed by atoms with Gasteiger partial charge in [0.15, 0.2) is 0 Å². The maximum atomic E-state index is 12.1. The fraction of sp³-hybridized carbons (Fsp3) is 0.250. The number of carbonyl (C=O) groups excluding carboxylic acids is 1. The molecule has 1 aliphatic heterocycles. The van der Waals surface area contributed by atoms with Gasteiger partial charge < -0.3 is 5.32 Å². The van der Waals surface area contributed by atoms with E-state index in [1.54, 1.807) is 17.5 Å². The summed E-state index contributed by atoms with van der Waals surface area (Å²) in [4.78, 5) is 26.1. The zero-order chi connectivity index (χ0) is 14.9. The minimum Gasteiger partial charge on any atom is -0.315 e. The van der Waals surface area contributed by atoms with E-state index in [0.717, 1.165) is 40.1 Å². The van der Waals surface area contributed by atoms with Crippen LogP contribution in [0.4, 0.5) is 0 Å². The van der Waals surface area contributed by atoms with Gasteiger partial charge in [-0.15, -0.1) is 11.3 Å². The van der Waals surface area contributed by atoms with Gasteiger partial charge in [0.1, 0.15) is 5.78 Å². The quantitative estimate of drug-likeness (QED) is 0.799. The second-order valence-electron chi connectivity index (χ2n) is 5.46. The molecule has 0 bridgehead atoms. The van der Waals surface area contributed by atoms with E-state index >= 15 is 0 Å². The summed E-state index contributed by atoms with van der Waals surface area (Å²) in [5, 5.41) is 4.13. The lowest BCUT2D eigenvalue weighted by molar-refractivity contribution is -0.123. The summed E-state index contributed by atoms with van der Waals surface area (Å²) in [6, 6.07) is 4.05. The standard InChI is InChI=1S/C16H14N4OS/c21-15(12-4-17-5-12)3-13-2-10-1-11(16-8-18-9-22-16)6-20-14(10)7-19-13/h1-2,6-9,12,17H,3-5H2. The topological polar surface area (TPSA) is 67.8 Å². The highest BCUT2D eigenvalue weighted by molar-refractivity contribution is 7.13. The molecule has 0 atom stereocenters. The highest BCUT2D eigenvalue weighted by atomic mass is 32.1. The molecule has 4 heterocycles. The van der Waals surface area contributed by atoms with Gasteiger partial charge in [-0.25, -0.2) is 0 Å². The number of fused-ring (bicyclic) bond motifs is 1. The fourth-order valence-electron chi connectivity index (χ4n) is 2.51. The van der Waals surface area contributed by atoms with E-state index in [1.807, 2.05) is 24.0 Å². The molecule has 4 rings (SSSR count). The van der Waals surface area contributed by atoms with Crippen molar-refractivity contribution in [2.45, 2.75) is 6.42 Å². The minimum absolute atomic E-state index is 0.152. The highest BCUT2D eigenvalue weighted by Crippen LogP contribution is 2.25. The summed E-state index contributed by atoms with van der Waals surface area (Å²) in [7, 11) is 0. The van der Waals surface area contributed by atoms with Gasteiger partial charge in [0.25, 0.3) is 0 Å². The van der Waals surface area contributed by atoms with Crippen LogP contribution < -0.4 is 5.32 Å². The Morgan fingerprint density at radius 3 is 2.86 bits per heavy atom. The molecule has 0 radical (unpaired) electrons. The summed E-state index contributed by atoms with van der Waals surface area (Å²) in [6.07, 6.45) is 5.81. The molecule has 0 saturated carbocycles. The van der Waals surface area contributed by atoms with Crippen molar-refractivity contribution in [3.8, 4) is 10.4 Å². The van der Waals surface area contributed by atoms with E-state index in [4.69, 9.17) is 0 Å². The van der Waals surface area contributed by atoms with Crippen molar-refractivity contribution >= 4 is 28.0 Å². The zero-order valence-electron chi connectivity index (χ0n) is 11.8. The van der Waals surface area contributed by atoms with Crippen molar-refractivity contribution in [1.82, 2.24) is 20.3 Å². The summed E-state index contributed by atoms with van der Waals surface area (Å²) < 4.78 is 0. The molecule has 110 valence electrons. The number of aromatic nitrogens is 3. The Hall–Kier alpha value is -2.18. The van der Waals surface area contributed by atoms with Crippen molar-refractivity contribution in [1.29, 1.82) is 0 Å². The van der Waals surface area contributed by atoms with Crippen molar-refractivity contribution in [3.05, 3.63) is 41.9 Å². The van der Waals surface area contributed by atoms with Crippen LogP contribution in [0.25, 0.3) is 21.3 Å². The average molecular weight is 310 g/mol. The third kappa shape index (κ3) is 2.51. The molecule has 0 unspecified atom stereocenters. The Bertz CT molecular complexity index is 827. The summed E-state index contributed by atoms with van der Waals surface area (Å²) in [5.74, 6) is 0.413. The molecule has 6 heteroatoms. The van der Waals surface area contributed by atoms with Crippen LogP contribution >= 0.6 is 11.3 Å². The predicted molar refractivity (Wildman–Crippen MR) is 85.7 cm³/mol. The molecule has 3 aromatic heterocycles. The number of pyridine rings is 2. The number of nitrogens with one attached hydrogen (secondary N) is 1. The lowest BCUT2D eigenvalue weighted by Crippen LogP contribution is -2.47. The van der Waals surface area contributed by atoms with Gasteiger partial charge in [0.2, 0.25) is 0 Å². The number of nitrogens with zero attached hydrogens (tertiary/aromatic N) is 3. The number of rotatable bonds is 4. The first-order valence-electron chi connectivity index (χ1n) is 7.16. The van der Waals surface area contributed by atoms with Gasteiger partial charge in [-0.05, 0) is 12.1 Å². The largest absolute Gasteiger partial charge is 0.315 e. The number of thiazole rings is 1. The van der Waals surface area contributed by atoms with Crippen LogP contribution in [-0.4, -0.2) is 33.8 Å². The van der Waals surface area contributed by atoms with Gasteiger partial charge in [-0.2, -0.15) is 0 Å². The average Bonchev–Trinajstić information content (AvgIpc) is 2.98. The van der Waals surface area contributed by atoms with Crippen LogP contribution in [0.2, 0.25) is 0 Å². The van der Waals surface area contributed by atoms with Crippen molar-refractivity contribution in [3.63, 3.8) is 0 Å². The Labute approximate surface area is 131 Å². The molecule has 1 saturated heterocycles. The molecule has 0 amide bonds. The SMILES string of the molecule is O=C(Cc1cc2cc(-c3cncs3)cnc2cn1)C1CNC1. The lowest BCUT2D eigenvalue weighted by atomic mass is 9.94. The van der Waals surface area contributed by atoms with E-state index in [1.165, 1.54) is 0 Å². The Morgan fingerprint density at radius 1 is 1.23 bits per heavy atom. The molecule has 0 aliphatic carbocycles. The normalized spacial score (nSPS) is 14.9. The maximum absolute atomic E-state index is 12.1.